The molecule has 0 aromatic carbocycles. The molecule has 4 nitrogen and oxygen atoms in total. The highest BCUT2D eigenvalue weighted by Gasteiger charge is 2.16. The molecule has 1 rings (SSSR count). The van der Waals surface area contributed by atoms with E-state index in [1.165, 1.54) is 0 Å². The molecule has 15 heavy (non-hydrogen) atoms. The predicted octanol–water partition coefficient (Wildman–Crippen LogP) is 0.807. The summed E-state index contributed by atoms with van der Waals surface area (Å²) >= 11 is 0. The van der Waals surface area contributed by atoms with Gasteiger partial charge in [-0.3, -0.25) is 4.79 Å². The Kier molecular flexibility index (Phi) is 3.95. The van der Waals surface area contributed by atoms with Gasteiger partial charge in [-0.05, 0) is 19.1 Å². The van der Waals surface area contributed by atoms with Crippen molar-refractivity contribution in [3.63, 3.8) is 0 Å². The third kappa shape index (κ3) is 3.15. The van der Waals surface area contributed by atoms with E-state index in [2.05, 4.69) is 11.2 Å². The normalized spacial score (nSPS) is 13.9. The van der Waals surface area contributed by atoms with Gasteiger partial charge in [0.05, 0.1) is 18.3 Å². The number of furan rings is 1. The van der Waals surface area contributed by atoms with Crippen molar-refractivity contribution in [2.24, 2.45) is 5.73 Å². The SMILES string of the molecule is C#CCC(N)C(=O)N[C@@H](C)c1ccco1. The first-order valence-electron chi connectivity index (χ1n) is 4.68. The molecule has 0 saturated carbocycles. The number of hydrogen-bond donors (Lipinski definition) is 2. The standard InChI is InChI=1S/C11H14N2O2/c1-3-5-9(12)11(14)13-8(2)10-6-4-7-15-10/h1,4,6-9H,5,12H2,2H3,(H,13,14)/t8-,9?/m0/s1. The number of nitrogens with one attached hydrogen (secondary N) is 1. The summed E-state index contributed by atoms with van der Waals surface area (Å²) in [5.41, 5.74) is 5.54. The number of amides is 1. The van der Waals surface area contributed by atoms with Crippen LogP contribution in [0.5, 0.6) is 0 Å². The van der Waals surface area contributed by atoms with Gasteiger partial charge in [0.15, 0.2) is 0 Å². The van der Waals surface area contributed by atoms with E-state index in [0.717, 1.165) is 0 Å². The topological polar surface area (TPSA) is 68.3 Å². The average molecular weight is 206 g/mol. The number of rotatable bonds is 4. The maximum Gasteiger partial charge on any atom is 0.238 e. The van der Waals surface area contributed by atoms with Crippen LogP contribution in [0.1, 0.15) is 25.1 Å². The molecule has 2 atom stereocenters. The first-order valence-corrected chi connectivity index (χ1v) is 4.68. The Labute approximate surface area is 88.8 Å². The highest BCUT2D eigenvalue weighted by molar-refractivity contribution is 5.82. The Hall–Kier alpha value is -1.73. The third-order valence-electron chi connectivity index (χ3n) is 2.00. The van der Waals surface area contributed by atoms with E-state index in [0.29, 0.717) is 5.76 Å². The van der Waals surface area contributed by atoms with Crippen LogP contribution in [-0.4, -0.2) is 11.9 Å². The molecule has 0 bridgehead atoms. The Morgan fingerprint density at radius 2 is 2.53 bits per heavy atom. The highest BCUT2D eigenvalue weighted by Crippen LogP contribution is 2.12. The molecule has 0 aliphatic heterocycles. The maximum absolute atomic E-state index is 11.5. The molecule has 3 N–H and O–H groups in total. The largest absolute Gasteiger partial charge is 0.467 e. The van der Waals surface area contributed by atoms with Crippen LogP contribution in [0.25, 0.3) is 0 Å². The van der Waals surface area contributed by atoms with E-state index in [-0.39, 0.29) is 18.4 Å². The minimum atomic E-state index is -0.660. The van der Waals surface area contributed by atoms with Crippen LogP contribution in [0.4, 0.5) is 0 Å². The molecule has 0 radical (unpaired) electrons. The molecule has 1 heterocycles. The maximum atomic E-state index is 11.5. The van der Waals surface area contributed by atoms with Gasteiger partial charge in [0, 0.05) is 6.42 Å². The fourth-order valence-electron chi connectivity index (χ4n) is 1.15. The number of terminal acetylenes is 1. The molecule has 0 aliphatic rings. The molecule has 1 amide bonds. The Morgan fingerprint density at radius 1 is 1.80 bits per heavy atom. The first-order chi connectivity index (χ1) is 7.15. The van der Waals surface area contributed by atoms with Crippen LogP contribution >= 0.6 is 0 Å². The molecule has 1 aromatic rings. The van der Waals surface area contributed by atoms with E-state index in [1.54, 1.807) is 18.4 Å². The van der Waals surface area contributed by atoms with Crippen LogP contribution in [0.3, 0.4) is 0 Å². The van der Waals surface area contributed by atoms with Gasteiger partial charge in [-0.25, -0.2) is 0 Å². The van der Waals surface area contributed by atoms with Gasteiger partial charge < -0.3 is 15.5 Å². The number of hydrogen-bond acceptors (Lipinski definition) is 3. The lowest BCUT2D eigenvalue weighted by atomic mass is 10.2. The van der Waals surface area contributed by atoms with Crippen molar-refractivity contribution in [3.8, 4) is 12.3 Å². The van der Waals surface area contributed by atoms with Crippen molar-refractivity contribution in [1.29, 1.82) is 0 Å². The Bertz CT molecular complexity index is 351. The van der Waals surface area contributed by atoms with Crippen molar-refractivity contribution in [3.05, 3.63) is 24.2 Å². The fraction of sp³-hybridized carbons (Fsp3) is 0.364. The van der Waals surface area contributed by atoms with E-state index in [1.807, 2.05) is 6.92 Å². The molecule has 1 aromatic heterocycles. The van der Waals surface area contributed by atoms with Crippen molar-refractivity contribution in [2.75, 3.05) is 0 Å². The quantitative estimate of drug-likeness (QED) is 0.716. The summed E-state index contributed by atoms with van der Waals surface area (Å²) in [6.45, 7) is 1.82. The van der Waals surface area contributed by atoms with E-state index in [4.69, 9.17) is 16.6 Å². The zero-order valence-electron chi connectivity index (χ0n) is 8.57. The van der Waals surface area contributed by atoms with Gasteiger partial charge in [-0.1, -0.05) is 0 Å². The van der Waals surface area contributed by atoms with E-state index >= 15 is 0 Å². The van der Waals surface area contributed by atoms with Gasteiger partial charge in [0.2, 0.25) is 5.91 Å². The van der Waals surface area contributed by atoms with Gasteiger partial charge in [0.1, 0.15) is 5.76 Å². The summed E-state index contributed by atoms with van der Waals surface area (Å²) in [6, 6.07) is 2.69. The summed E-state index contributed by atoms with van der Waals surface area (Å²) in [4.78, 5) is 11.5. The zero-order chi connectivity index (χ0) is 11.3. The molecular weight excluding hydrogens is 192 g/mol. The molecule has 1 unspecified atom stereocenters. The summed E-state index contributed by atoms with van der Waals surface area (Å²) in [6.07, 6.45) is 6.85. The summed E-state index contributed by atoms with van der Waals surface area (Å²) in [5, 5.41) is 2.71. The average Bonchev–Trinajstić information content (AvgIpc) is 2.70. The molecule has 0 saturated heterocycles. The molecule has 4 heteroatoms. The third-order valence-corrected chi connectivity index (χ3v) is 2.00. The summed E-state index contributed by atoms with van der Waals surface area (Å²) in [5.74, 6) is 2.77. The Balaban J connectivity index is 2.49. The highest BCUT2D eigenvalue weighted by atomic mass is 16.3. The van der Waals surface area contributed by atoms with Crippen LogP contribution in [-0.2, 0) is 4.79 Å². The van der Waals surface area contributed by atoms with Gasteiger partial charge in [-0.15, -0.1) is 12.3 Å². The van der Waals surface area contributed by atoms with Gasteiger partial charge in [-0.2, -0.15) is 0 Å². The fourth-order valence-corrected chi connectivity index (χ4v) is 1.15. The van der Waals surface area contributed by atoms with Crippen molar-refractivity contribution in [2.45, 2.75) is 25.4 Å². The van der Waals surface area contributed by atoms with E-state index in [9.17, 15) is 4.79 Å². The Morgan fingerprint density at radius 3 is 3.07 bits per heavy atom. The smallest absolute Gasteiger partial charge is 0.238 e. The van der Waals surface area contributed by atoms with Gasteiger partial charge >= 0.3 is 0 Å². The molecule has 0 aliphatic carbocycles. The lowest BCUT2D eigenvalue weighted by molar-refractivity contribution is -0.123. The van der Waals surface area contributed by atoms with Crippen molar-refractivity contribution >= 4 is 5.91 Å². The second-order valence-electron chi connectivity index (χ2n) is 3.26. The number of carbonyl (C=O) groups excluding carboxylic acids is 1. The lowest BCUT2D eigenvalue weighted by Crippen LogP contribution is -2.41. The summed E-state index contributed by atoms with van der Waals surface area (Å²) < 4.78 is 5.14. The van der Waals surface area contributed by atoms with Crippen molar-refractivity contribution in [1.82, 2.24) is 5.32 Å². The predicted molar refractivity (Wildman–Crippen MR) is 56.7 cm³/mol. The van der Waals surface area contributed by atoms with E-state index < -0.39 is 6.04 Å². The molecule has 80 valence electrons. The van der Waals surface area contributed by atoms with Crippen molar-refractivity contribution < 1.29 is 9.21 Å². The minimum absolute atomic E-state index is 0.198. The second kappa shape index (κ2) is 5.23. The van der Waals surface area contributed by atoms with Gasteiger partial charge in [0.25, 0.3) is 0 Å². The zero-order valence-corrected chi connectivity index (χ0v) is 8.57. The molecular formula is C11H14N2O2. The first kappa shape index (κ1) is 11.3. The second-order valence-corrected chi connectivity index (χ2v) is 3.26. The minimum Gasteiger partial charge on any atom is -0.467 e. The lowest BCUT2D eigenvalue weighted by Gasteiger charge is -2.14. The van der Waals surface area contributed by atoms with Crippen LogP contribution in [0.2, 0.25) is 0 Å². The molecule has 0 fully saturated rings. The molecule has 0 spiro atoms. The van der Waals surface area contributed by atoms with Crippen LogP contribution in [0.15, 0.2) is 22.8 Å². The summed E-state index contributed by atoms with van der Waals surface area (Å²) in [7, 11) is 0. The monoisotopic (exact) mass is 206 g/mol. The van der Waals surface area contributed by atoms with Crippen LogP contribution in [0, 0.1) is 12.3 Å². The van der Waals surface area contributed by atoms with Crippen LogP contribution < -0.4 is 11.1 Å². The number of carbonyl (C=O) groups is 1. The number of nitrogens with two attached hydrogens (primary N) is 1.